The van der Waals surface area contributed by atoms with Crippen LogP contribution in [-0.4, -0.2) is 108 Å². The number of hydrogen-bond donors (Lipinski definition) is 4. The van der Waals surface area contributed by atoms with Gasteiger partial charge in [-0.15, -0.1) is 16.9 Å². The van der Waals surface area contributed by atoms with Gasteiger partial charge in [0.05, 0.1) is 19.4 Å². The van der Waals surface area contributed by atoms with Crippen molar-refractivity contribution in [3.05, 3.63) is 35.4 Å². The van der Waals surface area contributed by atoms with Crippen LogP contribution in [0.25, 0.3) is 0 Å². The predicted octanol–water partition coefficient (Wildman–Crippen LogP) is -1.18. The van der Waals surface area contributed by atoms with Crippen LogP contribution in [0.4, 0.5) is 0 Å². The van der Waals surface area contributed by atoms with Gasteiger partial charge in [-0.2, -0.15) is 0 Å². The Balaban J connectivity index is 1.41. The number of tetrazole rings is 1. The third-order valence-electron chi connectivity index (χ3n) is 5.34. The van der Waals surface area contributed by atoms with Crippen LogP contribution in [0.1, 0.15) is 5.76 Å². The molecule has 0 aliphatic carbocycles. The molecular weight excluding hydrogens is 544 g/mol. The lowest BCUT2D eigenvalue weighted by molar-refractivity contribution is -0.150. The number of aliphatic carboxylic acids is 2. The normalized spacial score (nSPS) is 19.1. The van der Waals surface area contributed by atoms with Gasteiger partial charge in [-0.05, 0) is 28.1 Å². The SMILES string of the molecule is CO/N=C(\C(=O)NC1C(=O)N2C(C(=O)O)=C(CSc3nnnn3CCNCC(=O)O)CS[C@H]12)c1ccco1. The summed E-state index contributed by atoms with van der Waals surface area (Å²) in [6, 6.07) is 2.12. The Morgan fingerprint density at radius 2 is 2.18 bits per heavy atom. The van der Waals surface area contributed by atoms with Crippen molar-refractivity contribution in [2.75, 3.05) is 31.7 Å². The maximum absolute atomic E-state index is 13.0. The average Bonchev–Trinajstić information content (AvgIpc) is 3.58. The van der Waals surface area contributed by atoms with Crippen molar-refractivity contribution in [3.8, 4) is 0 Å². The van der Waals surface area contributed by atoms with Crippen LogP contribution in [-0.2, 0) is 30.6 Å². The van der Waals surface area contributed by atoms with Gasteiger partial charge in [0, 0.05) is 18.1 Å². The Bertz CT molecular complexity index is 1280. The fourth-order valence-corrected chi connectivity index (χ4v) is 6.07. The van der Waals surface area contributed by atoms with E-state index in [1.165, 1.54) is 47.6 Å². The van der Waals surface area contributed by atoms with Crippen LogP contribution >= 0.6 is 23.5 Å². The number of aromatic nitrogens is 4. The highest BCUT2D eigenvalue weighted by Gasteiger charge is 2.54. The number of carboxylic acid groups (broad SMARTS) is 2. The molecule has 0 bridgehead atoms. The topological polar surface area (TPSA) is 214 Å². The van der Waals surface area contributed by atoms with E-state index in [0.29, 0.717) is 29.6 Å². The molecule has 2 aliphatic rings. The molecule has 38 heavy (non-hydrogen) atoms. The monoisotopic (exact) mass is 566 g/mol. The summed E-state index contributed by atoms with van der Waals surface area (Å²) in [6.45, 7) is 0.423. The van der Waals surface area contributed by atoms with Crippen molar-refractivity contribution in [2.24, 2.45) is 5.16 Å². The molecule has 1 saturated heterocycles. The Kier molecular flexibility index (Phi) is 8.64. The van der Waals surface area contributed by atoms with Gasteiger partial charge < -0.3 is 30.1 Å². The molecule has 0 spiro atoms. The zero-order chi connectivity index (χ0) is 27.2. The summed E-state index contributed by atoms with van der Waals surface area (Å²) >= 11 is 2.51. The molecule has 4 heterocycles. The maximum atomic E-state index is 13.0. The fraction of sp³-hybridized carbons (Fsp3) is 0.400. The second kappa shape index (κ2) is 12.1. The Hall–Kier alpha value is -3.90. The molecule has 16 nitrogen and oxygen atoms in total. The summed E-state index contributed by atoms with van der Waals surface area (Å²) in [5, 5.41) is 38.8. The number of hydrogen-bond acceptors (Lipinski definition) is 13. The van der Waals surface area contributed by atoms with E-state index in [4.69, 9.17) is 14.4 Å². The summed E-state index contributed by atoms with van der Waals surface area (Å²) in [5.74, 6) is -2.87. The number of fused-ring (bicyclic) bond motifs is 1. The molecule has 2 amide bonds. The van der Waals surface area contributed by atoms with Gasteiger partial charge in [-0.3, -0.25) is 19.3 Å². The summed E-state index contributed by atoms with van der Waals surface area (Å²) in [7, 11) is 1.27. The first-order chi connectivity index (χ1) is 18.3. The second-order valence-corrected chi connectivity index (χ2v) is 9.81. The smallest absolute Gasteiger partial charge is 0.352 e. The van der Waals surface area contributed by atoms with Crippen molar-refractivity contribution in [2.45, 2.75) is 23.1 Å². The van der Waals surface area contributed by atoms with Gasteiger partial charge in [0.15, 0.2) is 5.76 Å². The van der Waals surface area contributed by atoms with Crippen molar-refractivity contribution < 1.29 is 38.6 Å². The van der Waals surface area contributed by atoms with Crippen molar-refractivity contribution in [3.63, 3.8) is 0 Å². The number of carboxylic acids is 2. The minimum atomic E-state index is -1.27. The van der Waals surface area contributed by atoms with E-state index in [9.17, 15) is 24.3 Å². The lowest BCUT2D eigenvalue weighted by Gasteiger charge is -2.49. The van der Waals surface area contributed by atoms with Gasteiger partial charge in [0.1, 0.15) is 24.2 Å². The molecule has 1 unspecified atom stereocenters. The number of thioether (sulfide) groups is 2. The van der Waals surface area contributed by atoms with Gasteiger partial charge in [0.25, 0.3) is 11.8 Å². The Morgan fingerprint density at radius 1 is 1.37 bits per heavy atom. The zero-order valence-electron chi connectivity index (χ0n) is 19.8. The number of furan rings is 1. The summed E-state index contributed by atoms with van der Waals surface area (Å²) in [6.07, 6.45) is 1.36. The maximum Gasteiger partial charge on any atom is 0.352 e. The summed E-state index contributed by atoms with van der Waals surface area (Å²) in [5.41, 5.74) is 0.194. The molecule has 2 aliphatic heterocycles. The number of carbonyl (C=O) groups excluding carboxylic acids is 2. The van der Waals surface area contributed by atoms with E-state index in [2.05, 4.69) is 31.3 Å². The highest BCUT2D eigenvalue weighted by atomic mass is 32.2. The fourth-order valence-electron chi connectivity index (χ4n) is 3.68. The number of nitrogens with one attached hydrogen (secondary N) is 2. The first-order valence-corrected chi connectivity index (χ1v) is 13.0. The van der Waals surface area contributed by atoms with Crippen molar-refractivity contribution in [1.82, 2.24) is 35.7 Å². The van der Waals surface area contributed by atoms with Crippen molar-refractivity contribution in [1.29, 1.82) is 0 Å². The average molecular weight is 567 g/mol. The second-order valence-electron chi connectivity index (χ2n) is 7.76. The standard InChI is InChI=1S/C20H22N8O8S2/c1-35-24-13(11-3-2-6-36-11)16(31)22-14-17(32)28-15(19(33)34)10(8-37-18(14)28)9-38-20-23-25-26-27(20)5-4-21-7-12(29)30/h2-3,6,14,18,21H,4-5,7-9H2,1H3,(H,22,31)(H,29,30)(H,33,34)/b24-13-/t14?,18-/m1/s1. The molecule has 1 fully saturated rings. The van der Waals surface area contributed by atoms with Gasteiger partial charge in [-0.25, -0.2) is 9.48 Å². The van der Waals surface area contributed by atoms with Crippen molar-refractivity contribution >= 4 is 53.0 Å². The minimum Gasteiger partial charge on any atom is -0.480 e. The lowest BCUT2D eigenvalue weighted by Crippen LogP contribution is -2.71. The molecule has 2 aromatic rings. The highest BCUT2D eigenvalue weighted by molar-refractivity contribution is 8.01. The number of oxime groups is 1. The first-order valence-electron chi connectivity index (χ1n) is 11.0. The number of rotatable bonds is 13. The largest absolute Gasteiger partial charge is 0.480 e. The van der Waals surface area contributed by atoms with E-state index in [1.54, 1.807) is 6.07 Å². The van der Waals surface area contributed by atoms with E-state index in [0.717, 1.165) is 4.90 Å². The third-order valence-corrected chi connectivity index (χ3v) is 7.72. The van der Waals surface area contributed by atoms with E-state index in [1.807, 2.05) is 0 Å². The highest BCUT2D eigenvalue weighted by Crippen LogP contribution is 2.41. The first kappa shape index (κ1) is 27.1. The van der Waals surface area contributed by atoms with Crippen LogP contribution in [0.15, 0.2) is 44.4 Å². The quantitative estimate of drug-likeness (QED) is 0.0739. The van der Waals surface area contributed by atoms with Crippen LogP contribution < -0.4 is 10.6 Å². The molecule has 4 rings (SSSR count). The minimum absolute atomic E-state index is 0.143. The zero-order valence-corrected chi connectivity index (χ0v) is 21.4. The van der Waals surface area contributed by atoms with E-state index in [-0.39, 0.29) is 29.5 Å². The van der Waals surface area contributed by atoms with Crippen LogP contribution in [0, 0.1) is 0 Å². The molecule has 0 aromatic carbocycles. The Labute approximate surface area is 222 Å². The number of carbonyl (C=O) groups is 4. The number of β-lactam (4-membered cyclic amide) rings is 1. The van der Waals surface area contributed by atoms with Crippen LogP contribution in [0.5, 0.6) is 0 Å². The number of nitrogens with zero attached hydrogens (tertiary/aromatic N) is 6. The molecule has 2 aromatic heterocycles. The number of amides is 2. The molecule has 2 atom stereocenters. The summed E-state index contributed by atoms with van der Waals surface area (Å²) < 4.78 is 6.67. The van der Waals surface area contributed by atoms with Gasteiger partial charge in [0.2, 0.25) is 10.9 Å². The molecule has 4 N–H and O–H groups in total. The van der Waals surface area contributed by atoms with Gasteiger partial charge >= 0.3 is 11.9 Å². The molecule has 202 valence electrons. The van der Waals surface area contributed by atoms with E-state index >= 15 is 0 Å². The third kappa shape index (κ3) is 5.81. The Morgan fingerprint density at radius 3 is 2.87 bits per heavy atom. The van der Waals surface area contributed by atoms with Gasteiger partial charge in [-0.1, -0.05) is 16.9 Å². The molecular formula is C20H22N8O8S2. The molecule has 18 heteroatoms. The molecule has 0 radical (unpaired) electrons. The van der Waals surface area contributed by atoms with Crippen LogP contribution in [0.3, 0.4) is 0 Å². The molecule has 0 saturated carbocycles. The lowest BCUT2D eigenvalue weighted by atomic mass is 10.0. The van der Waals surface area contributed by atoms with Crippen LogP contribution in [0.2, 0.25) is 0 Å². The van der Waals surface area contributed by atoms with E-state index < -0.39 is 35.2 Å². The summed E-state index contributed by atoms with van der Waals surface area (Å²) in [4.78, 5) is 54.4. The predicted molar refractivity (Wildman–Crippen MR) is 131 cm³/mol.